The van der Waals surface area contributed by atoms with Crippen LogP contribution in [0.4, 0.5) is 23.1 Å². The molecule has 3 aliphatic rings. The Bertz CT molecular complexity index is 1300. The van der Waals surface area contributed by atoms with Crippen molar-refractivity contribution in [3.63, 3.8) is 0 Å². The normalized spacial score (nSPS) is 18.9. The molecule has 2 atom stereocenters. The Kier molecular flexibility index (Phi) is 10.0. The van der Waals surface area contributed by atoms with Crippen molar-refractivity contribution in [1.82, 2.24) is 20.2 Å². The lowest BCUT2D eigenvalue weighted by molar-refractivity contribution is -0.120. The Hall–Kier alpha value is -3.44. The number of carbonyl (C=O) groups excluding carboxylic acids is 2. The third kappa shape index (κ3) is 6.43. The fraction of sp³-hybridized carbons (Fsp3) is 0.625. The summed E-state index contributed by atoms with van der Waals surface area (Å²) in [6, 6.07) is 3.76. The molecule has 234 valence electrons. The zero-order chi connectivity index (χ0) is 30.5. The molecule has 0 spiro atoms. The first kappa shape index (κ1) is 31.0. The van der Waals surface area contributed by atoms with Gasteiger partial charge in [0.2, 0.25) is 11.9 Å². The topological polar surface area (TPSA) is 112 Å². The predicted octanol–water partition coefficient (Wildman–Crippen LogP) is 4.14. The first-order valence-corrected chi connectivity index (χ1v) is 15.9. The molecule has 1 aromatic carbocycles. The molecule has 0 saturated heterocycles. The van der Waals surface area contributed by atoms with E-state index >= 15 is 0 Å². The van der Waals surface area contributed by atoms with Crippen molar-refractivity contribution in [1.29, 1.82) is 0 Å². The largest absolute Gasteiger partial charge is 0.491 e. The van der Waals surface area contributed by atoms with Gasteiger partial charge in [-0.05, 0) is 50.9 Å². The molecule has 1 saturated carbocycles. The standard InChI is InChI=1S/C32H47N7O4/c1-6-16-38(8-3)20-22(42-5)18-33-30(40)24-13-14-25(28-23(24)15-17-43-28)35-32-34-19-27-29(36-32)39(21-11-9-10-12-21)26(7-2)31(41)37(27)4/h13-14,19,21-22,26H,6-12,15-18,20H2,1-5H3,(H,33,40)(H,34,35,36)/t22-,26+/m0/s1. The van der Waals surface area contributed by atoms with E-state index in [1.807, 2.05) is 12.1 Å². The quantitative estimate of drug-likeness (QED) is 0.354. The first-order chi connectivity index (χ1) is 20.9. The molecule has 1 fully saturated rings. The maximum Gasteiger partial charge on any atom is 0.251 e. The number of hydrogen-bond donors (Lipinski definition) is 2. The number of ether oxygens (including phenoxy) is 2. The molecule has 0 unspecified atom stereocenters. The van der Waals surface area contributed by atoms with Crippen molar-refractivity contribution in [2.75, 3.05) is 62.1 Å². The number of nitrogens with one attached hydrogen (secondary N) is 2. The summed E-state index contributed by atoms with van der Waals surface area (Å²) in [5, 5.41) is 6.43. The zero-order valence-corrected chi connectivity index (χ0v) is 26.3. The van der Waals surface area contributed by atoms with Gasteiger partial charge >= 0.3 is 0 Å². The Morgan fingerprint density at radius 2 is 2.02 bits per heavy atom. The fourth-order valence-corrected chi connectivity index (χ4v) is 6.68. The van der Waals surface area contributed by atoms with Crippen LogP contribution in [0.2, 0.25) is 0 Å². The molecule has 11 nitrogen and oxygen atoms in total. The average Bonchev–Trinajstić information content (AvgIpc) is 3.74. The molecular formula is C32H47N7O4. The SMILES string of the molecule is CCCN(CC)C[C@H](CNC(=O)c1ccc(Nc2ncc3c(n2)N(C2CCCC2)[C@H](CC)C(=O)N3C)c2c1CCO2)OC. The van der Waals surface area contributed by atoms with E-state index in [1.165, 1.54) is 12.8 Å². The van der Waals surface area contributed by atoms with Crippen LogP contribution in [0.25, 0.3) is 0 Å². The zero-order valence-electron chi connectivity index (χ0n) is 26.3. The highest BCUT2D eigenvalue weighted by Gasteiger charge is 2.41. The average molecular weight is 594 g/mol. The van der Waals surface area contributed by atoms with Crippen molar-refractivity contribution in [3.8, 4) is 5.75 Å². The van der Waals surface area contributed by atoms with Gasteiger partial charge in [0.1, 0.15) is 17.5 Å². The number of aromatic nitrogens is 2. The van der Waals surface area contributed by atoms with Crippen molar-refractivity contribution < 1.29 is 19.1 Å². The third-order valence-corrected chi connectivity index (χ3v) is 9.03. The summed E-state index contributed by atoms with van der Waals surface area (Å²) in [4.78, 5) is 42.3. The van der Waals surface area contributed by atoms with E-state index in [0.29, 0.717) is 42.9 Å². The molecule has 2 aromatic rings. The van der Waals surface area contributed by atoms with E-state index in [-0.39, 0.29) is 24.0 Å². The van der Waals surface area contributed by atoms with Gasteiger partial charge in [-0.15, -0.1) is 0 Å². The van der Waals surface area contributed by atoms with Gasteiger partial charge in [0.05, 0.1) is 24.6 Å². The minimum absolute atomic E-state index is 0.0896. The molecule has 43 heavy (non-hydrogen) atoms. The van der Waals surface area contributed by atoms with Crippen molar-refractivity contribution in [3.05, 3.63) is 29.5 Å². The second-order valence-electron chi connectivity index (χ2n) is 11.7. The highest BCUT2D eigenvalue weighted by atomic mass is 16.5. The highest BCUT2D eigenvalue weighted by Crippen LogP contribution is 2.41. The second-order valence-corrected chi connectivity index (χ2v) is 11.7. The van der Waals surface area contributed by atoms with Crippen LogP contribution in [0.15, 0.2) is 18.3 Å². The molecule has 1 aromatic heterocycles. The van der Waals surface area contributed by atoms with Crippen LogP contribution in [0, 0.1) is 0 Å². The number of methoxy groups -OCH3 is 1. The first-order valence-electron chi connectivity index (χ1n) is 15.9. The number of anilines is 4. The molecule has 3 heterocycles. The van der Waals surface area contributed by atoms with Crippen LogP contribution >= 0.6 is 0 Å². The lowest BCUT2D eigenvalue weighted by Gasteiger charge is -2.43. The summed E-state index contributed by atoms with van der Waals surface area (Å²) in [6.45, 7) is 10.0. The minimum Gasteiger partial charge on any atom is -0.491 e. The van der Waals surface area contributed by atoms with Gasteiger partial charge in [0.15, 0.2) is 5.82 Å². The van der Waals surface area contributed by atoms with Crippen LogP contribution < -0.4 is 25.2 Å². The molecule has 11 heteroatoms. The van der Waals surface area contributed by atoms with Gasteiger partial charge in [0.25, 0.3) is 5.91 Å². The van der Waals surface area contributed by atoms with Crippen molar-refractivity contribution in [2.24, 2.45) is 0 Å². The van der Waals surface area contributed by atoms with Crippen LogP contribution in [-0.4, -0.2) is 91.8 Å². The number of nitrogens with zero attached hydrogens (tertiary/aromatic N) is 5. The lowest BCUT2D eigenvalue weighted by atomic mass is 10.0. The number of rotatable bonds is 13. The number of hydrogen-bond acceptors (Lipinski definition) is 9. The monoisotopic (exact) mass is 593 g/mol. The molecule has 2 amide bonds. The summed E-state index contributed by atoms with van der Waals surface area (Å²) < 4.78 is 11.7. The fourth-order valence-electron chi connectivity index (χ4n) is 6.68. The van der Waals surface area contributed by atoms with Crippen LogP contribution in [0.1, 0.15) is 75.2 Å². The molecule has 2 aliphatic heterocycles. The number of fused-ring (bicyclic) bond motifs is 2. The second kappa shape index (κ2) is 13.9. The van der Waals surface area contributed by atoms with Gasteiger partial charge in [-0.2, -0.15) is 4.98 Å². The Labute approximate surface area is 255 Å². The summed E-state index contributed by atoms with van der Waals surface area (Å²) in [7, 11) is 3.49. The van der Waals surface area contributed by atoms with Gasteiger partial charge in [-0.25, -0.2) is 4.98 Å². The predicted molar refractivity (Wildman–Crippen MR) is 169 cm³/mol. The minimum atomic E-state index is -0.233. The molecule has 0 bridgehead atoms. The molecular weight excluding hydrogens is 546 g/mol. The van der Waals surface area contributed by atoms with E-state index < -0.39 is 0 Å². The van der Waals surface area contributed by atoms with E-state index in [9.17, 15) is 9.59 Å². The molecule has 5 rings (SSSR count). The Morgan fingerprint density at radius 1 is 1.23 bits per heavy atom. The number of carbonyl (C=O) groups is 2. The lowest BCUT2D eigenvalue weighted by Crippen LogP contribution is -2.55. The van der Waals surface area contributed by atoms with Crippen LogP contribution in [0.5, 0.6) is 5.75 Å². The summed E-state index contributed by atoms with van der Waals surface area (Å²) in [5.41, 5.74) is 2.93. The van der Waals surface area contributed by atoms with E-state index in [2.05, 4.69) is 46.2 Å². The van der Waals surface area contributed by atoms with Crippen molar-refractivity contribution in [2.45, 2.75) is 83.9 Å². The number of amides is 2. The molecule has 2 N–H and O–H groups in total. The number of benzene rings is 1. The van der Waals surface area contributed by atoms with Gasteiger partial charge in [0, 0.05) is 50.8 Å². The number of likely N-dealkylation sites (N-methyl/N-ethyl adjacent to an activating group) is 2. The molecule has 1 aliphatic carbocycles. The van der Waals surface area contributed by atoms with Gasteiger partial charge < -0.3 is 34.8 Å². The third-order valence-electron chi connectivity index (χ3n) is 9.03. The highest BCUT2D eigenvalue weighted by molar-refractivity contribution is 6.04. The van der Waals surface area contributed by atoms with Crippen molar-refractivity contribution >= 4 is 35.0 Å². The Morgan fingerprint density at radius 3 is 2.72 bits per heavy atom. The van der Waals surface area contributed by atoms with Crippen LogP contribution in [-0.2, 0) is 16.0 Å². The van der Waals surface area contributed by atoms with E-state index in [1.54, 1.807) is 25.3 Å². The van der Waals surface area contributed by atoms with E-state index in [4.69, 9.17) is 14.5 Å². The summed E-state index contributed by atoms with van der Waals surface area (Å²) >= 11 is 0. The maximum absolute atomic E-state index is 13.3. The summed E-state index contributed by atoms with van der Waals surface area (Å²) in [6.07, 6.45) is 8.53. The van der Waals surface area contributed by atoms with Gasteiger partial charge in [-0.1, -0.05) is 33.6 Å². The van der Waals surface area contributed by atoms with Crippen LogP contribution in [0.3, 0.4) is 0 Å². The maximum atomic E-state index is 13.3. The van der Waals surface area contributed by atoms with Gasteiger partial charge in [-0.3, -0.25) is 9.59 Å². The Balaban J connectivity index is 1.34. The molecule has 0 radical (unpaired) electrons. The summed E-state index contributed by atoms with van der Waals surface area (Å²) in [5.74, 6) is 1.84. The smallest absolute Gasteiger partial charge is 0.251 e. The van der Waals surface area contributed by atoms with E-state index in [0.717, 1.165) is 68.1 Å².